The van der Waals surface area contributed by atoms with Gasteiger partial charge in [-0.15, -0.1) is 13.2 Å². The molecule has 0 saturated carbocycles. The molecular weight excluding hydrogens is 316 g/mol. The lowest BCUT2D eigenvalue weighted by atomic mass is 10.1. The van der Waals surface area contributed by atoms with Crippen LogP contribution in [0.25, 0.3) is 11.3 Å². The van der Waals surface area contributed by atoms with Crippen molar-refractivity contribution in [2.75, 3.05) is 0 Å². The van der Waals surface area contributed by atoms with Crippen molar-refractivity contribution in [3.8, 4) is 17.0 Å². The second-order valence-electron chi connectivity index (χ2n) is 4.16. The molecule has 9 heteroatoms. The second-order valence-corrected chi connectivity index (χ2v) is 4.16. The summed E-state index contributed by atoms with van der Waals surface area (Å²) in [5.74, 6) is -0.580. The fourth-order valence-corrected chi connectivity index (χ4v) is 1.81. The molecule has 1 aromatic carbocycles. The van der Waals surface area contributed by atoms with Crippen LogP contribution >= 0.6 is 0 Å². The first-order valence-corrected chi connectivity index (χ1v) is 5.73. The van der Waals surface area contributed by atoms with E-state index in [9.17, 15) is 31.1 Å². The van der Waals surface area contributed by atoms with Gasteiger partial charge in [0.05, 0.1) is 5.69 Å². The molecule has 0 saturated heterocycles. The first-order valence-electron chi connectivity index (χ1n) is 5.73. The highest BCUT2D eigenvalue weighted by molar-refractivity contribution is 5.64. The van der Waals surface area contributed by atoms with Gasteiger partial charge in [0.2, 0.25) is 0 Å². The molecule has 0 fully saturated rings. The Labute approximate surface area is 119 Å². The van der Waals surface area contributed by atoms with Gasteiger partial charge in [0, 0.05) is 12.3 Å². The third kappa shape index (κ3) is 3.60. The number of alkyl halides is 6. The van der Waals surface area contributed by atoms with Gasteiger partial charge in [-0.2, -0.15) is 13.2 Å². The van der Waals surface area contributed by atoms with E-state index in [0.717, 1.165) is 30.5 Å². The van der Waals surface area contributed by atoms with Crippen LogP contribution in [0.5, 0.6) is 5.75 Å². The van der Waals surface area contributed by atoms with Gasteiger partial charge in [-0.3, -0.25) is 4.79 Å². The van der Waals surface area contributed by atoms with Crippen LogP contribution in [0.2, 0.25) is 0 Å². The first-order chi connectivity index (χ1) is 10.1. The van der Waals surface area contributed by atoms with Gasteiger partial charge in [0.1, 0.15) is 11.3 Å². The van der Waals surface area contributed by atoms with Crippen LogP contribution in [-0.4, -0.2) is 11.3 Å². The molecule has 22 heavy (non-hydrogen) atoms. The molecule has 0 radical (unpaired) electrons. The van der Waals surface area contributed by atoms with Crippen LogP contribution in [-0.2, 0) is 6.18 Å². The van der Waals surface area contributed by atoms with E-state index in [2.05, 4.69) is 9.72 Å². The minimum absolute atomic E-state index is 0.0976. The number of aromatic amines is 1. The highest BCUT2D eigenvalue weighted by Crippen LogP contribution is 2.34. The molecular formula is C13H7F6NO2. The third-order valence-electron chi connectivity index (χ3n) is 2.62. The maximum atomic E-state index is 12.9. The highest BCUT2D eigenvalue weighted by Gasteiger charge is 2.37. The van der Waals surface area contributed by atoms with Crippen LogP contribution < -0.4 is 10.2 Å². The molecule has 1 N–H and O–H groups in total. The zero-order valence-corrected chi connectivity index (χ0v) is 10.5. The lowest BCUT2D eigenvalue weighted by Crippen LogP contribution is -2.20. The lowest BCUT2D eigenvalue weighted by Gasteiger charge is -2.13. The molecule has 1 aromatic heterocycles. The zero-order chi connectivity index (χ0) is 16.5. The molecule has 0 aliphatic rings. The predicted octanol–water partition coefficient (Wildman–Crippen LogP) is 3.96. The molecule has 0 bridgehead atoms. The van der Waals surface area contributed by atoms with E-state index in [1.54, 1.807) is 0 Å². The summed E-state index contributed by atoms with van der Waals surface area (Å²) in [5.41, 5.74) is -3.28. The van der Waals surface area contributed by atoms with Crippen molar-refractivity contribution >= 4 is 0 Å². The Hall–Kier alpha value is -2.45. The van der Waals surface area contributed by atoms with Gasteiger partial charge in [-0.1, -0.05) is 0 Å². The molecule has 0 aliphatic heterocycles. The Morgan fingerprint density at radius 1 is 0.909 bits per heavy atom. The standard InChI is InChI=1S/C13H7F6NO2/c14-12(15,16)10-9(21)5-6-20-11(10)7-1-3-8(4-2-7)22-13(17,18)19/h1-6H,(H,20,21). The van der Waals surface area contributed by atoms with Gasteiger partial charge in [0.25, 0.3) is 0 Å². The van der Waals surface area contributed by atoms with E-state index in [1.165, 1.54) is 0 Å². The normalized spacial score (nSPS) is 12.3. The van der Waals surface area contributed by atoms with Crippen LogP contribution in [0.1, 0.15) is 5.56 Å². The van der Waals surface area contributed by atoms with Crippen molar-refractivity contribution in [3.05, 3.63) is 52.3 Å². The number of halogens is 6. The first kappa shape index (κ1) is 15.9. The molecule has 0 amide bonds. The van der Waals surface area contributed by atoms with Crippen LogP contribution in [0.3, 0.4) is 0 Å². The Balaban J connectivity index is 2.46. The fourth-order valence-electron chi connectivity index (χ4n) is 1.81. The summed E-state index contributed by atoms with van der Waals surface area (Å²) < 4.78 is 78.4. The van der Waals surface area contributed by atoms with Crippen LogP contribution in [0, 0.1) is 0 Å². The summed E-state index contributed by atoms with van der Waals surface area (Å²) in [7, 11) is 0. The minimum atomic E-state index is -4.90. The Kier molecular flexibility index (Phi) is 3.90. The van der Waals surface area contributed by atoms with Crippen molar-refractivity contribution in [1.82, 2.24) is 4.98 Å². The lowest BCUT2D eigenvalue weighted by molar-refractivity contribution is -0.274. The smallest absolute Gasteiger partial charge is 0.406 e. The van der Waals surface area contributed by atoms with Gasteiger partial charge in [-0.05, 0) is 29.8 Å². The van der Waals surface area contributed by atoms with E-state index < -0.39 is 35.0 Å². The fraction of sp³-hybridized carbons (Fsp3) is 0.154. The number of H-pyrrole nitrogens is 1. The van der Waals surface area contributed by atoms with Gasteiger partial charge in [-0.25, -0.2) is 0 Å². The van der Waals surface area contributed by atoms with E-state index in [4.69, 9.17) is 0 Å². The molecule has 1 heterocycles. The Morgan fingerprint density at radius 2 is 1.50 bits per heavy atom. The van der Waals surface area contributed by atoms with E-state index in [-0.39, 0.29) is 5.56 Å². The quantitative estimate of drug-likeness (QED) is 0.850. The van der Waals surface area contributed by atoms with Crippen LogP contribution in [0.15, 0.2) is 41.3 Å². The van der Waals surface area contributed by atoms with Crippen molar-refractivity contribution in [2.45, 2.75) is 12.5 Å². The second kappa shape index (κ2) is 5.39. The number of ether oxygens (including phenoxy) is 1. The van der Waals surface area contributed by atoms with Crippen LogP contribution in [0.4, 0.5) is 26.3 Å². The average molecular weight is 323 g/mol. The van der Waals surface area contributed by atoms with Crippen molar-refractivity contribution in [1.29, 1.82) is 0 Å². The van der Waals surface area contributed by atoms with Crippen molar-refractivity contribution in [3.63, 3.8) is 0 Å². The summed E-state index contributed by atoms with van der Waals surface area (Å²) in [4.78, 5) is 13.7. The SMILES string of the molecule is O=c1cc[nH]c(-c2ccc(OC(F)(F)F)cc2)c1C(F)(F)F. The minimum Gasteiger partial charge on any atom is -0.406 e. The molecule has 2 aromatic rings. The molecule has 0 atom stereocenters. The summed E-state index contributed by atoms with van der Waals surface area (Å²) in [6.07, 6.45) is -8.78. The maximum absolute atomic E-state index is 12.9. The van der Waals surface area contributed by atoms with Gasteiger partial charge >= 0.3 is 12.5 Å². The van der Waals surface area contributed by atoms with E-state index >= 15 is 0 Å². The van der Waals surface area contributed by atoms with E-state index in [1.807, 2.05) is 0 Å². The number of benzene rings is 1. The van der Waals surface area contributed by atoms with Crippen molar-refractivity contribution < 1.29 is 31.1 Å². The monoisotopic (exact) mass is 323 g/mol. The summed E-state index contributed by atoms with van der Waals surface area (Å²) in [5, 5.41) is 0. The average Bonchev–Trinajstić information content (AvgIpc) is 2.36. The molecule has 3 nitrogen and oxygen atoms in total. The predicted molar refractivity (Wildman–Crippen MR) is 64.2 cm³/mol. The molecule has 2 rings (SSSR count). The molecule has 118 valence electrons. The third-order valence-corrected chi connectivity index (χ3v) is 2.62. The summed E-state index contributed by atoms with van der Waals surface area (Å²) in [6, 6.07) is 4.40. The molecule has 0 aliphatic carbocycles. The zero-order valence-electron chi connectivity index (χ0n) is 10.5. The highest BCUT2D eigenvalue weighted by atomic mass is 19.4. The number of nitrogens with one attached hydrogen (secondary N) is 1. The Morgan fingerprint density at radius 3 is 2.00 bits per heavy atom. The molecule has 0 spiro atoms. The number of rotatable bonds is 2. The van der Waals surface area contributed by atoms with Gasteiger partial charge < -0.3 is 9.72 Å². The number of pyridine rings is 1. The number of aromatic nitrogens is 1. The maximum Gasteiger partial charge on any atom is 0.573 e. The van der Waals surface area contributed by atoms with Crippen molar-refractivity contribution in [2.24, 2.45) is 0 Å². The topological polar surface area (TPSA) is 42.1 Å². The van der Waals surface area contributed by atoms with Gasteiger partial charge in [0.15, 0.2) is 5.43 Å². The summed E-state index contributed by atoms with van der Waals surface area (Å²) in [6.45, 7) is 0. The molecule has 0 unspecified atom stereocenters. The van der Waals surface area contributed by atoms with E-state index in [0.29, 0.717) is 6.07 Å². The Bertz CT molecular complexity index is 715. The summed E-state index contributed by atoms with van der Waals surface area (Å²) >= 11 is 0. The number of hydrogen-bond donors (Lipinski definition) is 1. The largest absolute Gasteiger partial charge is 0.573 e. The number of hydrogen-bond acceptors (Lipinski definition) is 2.